The summed E-state index contributed by atoms with van der Waals surface area (Å²) in [5.74, 6) is -0.155. The van der Waals surface area contributed by atoms with Gasteiger partial charge >= 0.3 is 0 Å². The first-order chi connectivity index (χ1) is 9.08. The molecule has 104 valence electrons. The van der Waals surface area contributed by atoms with Gasteiger partial charge in [0.15, 0.2) is 0 Å². The lowest BCUT2D eigenvalue weighted by Crippen LogP contribution is -2.44. The molecule has 5 heteroatoms. The Morgan fingerprint density at radius 2 is 2.26 bits per heavy atom. The van der Waals surface area contributed by atoms with E-state index in [1.54, 1.807) is 0 Å². The standard InChI is InChI=1S/C14H20N2O3/c1-9(10-3-2-6-15-8-10)16-14(19)12-5-4-11(17)7-13(12)18/h4-5,7,9-10,15,17-18H,2-3,6,8H2,1H3,(H,16,19). The number of benzene rings is 1. The summed E-state index contributed by atoms with van der Waals surface area (Å²) in [5.41, 5.74) is 0.188. The van der Waals surface area contributed by atoms with Crippen LogP contribution in [0.2, 0.25) is 0 Å². The molecule has 0 spiro atoms. The van der Waals surface area contributed by atoms with Crippen LogP contribution >= 0.6 is 0 Å². The predicted molar refractivity (Wildman–Crippen MR) is 72.3 cm³/mol. The van der Waals surface area contributed by atoms with Gasteiger partial charge in [0.2, 0.25) is 0 Å². The Labute approximate surface area is 112 Å². The van der Waals surface area contributed by atoms with Gasteiger partial charge in [0.05, 0.1) is 5.56 Å². The summed E-state index contributed by atoms with van der Waals surface area (Å²) in [6.45, 7) is 3.92. The number of hydrogen-bond acceptors (Lipinski definition) is 4. The van der Waals surface area contributed by atoms with Crippen LogP contribution in [0.1, 0.15) is 30.1 Å². The zero-order chi connectivity index (χ0) is 13.8. The van der Waals surface area contributed by atoms with Gasteiger partial charge in [-0.2, -0.15) is 0 Å². The summed E-state index contributed by atoms with van der Waals surface area (Å²) in [6, 6.07) is 4.03. The number of nitrogens with one attached hydrogen (secondary N) is 2. The summed E-state index contributed by atoms with van der Waals surface area (Å²) in [4.78, 5) is 12.1. The molecule has 1 aliphatic heterocycles. The molecular formula is C14H20N2O3. The average Bonchev–Trinajstić information content (AvgIpc) is 2.39. The van der Waals surface area contributed by atoms with Crippen molar-refractivity contribution in [3.05, 3.63) is 23.8 Å². The first-order valence-corrected chi connectivity index (χ1v) is 6.61. The topological polar surface area (TPSA) is 81.6 Å². The molecule has 1 aromatic carbocycles. The van der Waals surface area contributed by atoms with Gasteiger partial charge in [-0.15, -0.1) is 0 Å². The number of rotatable bonds is 3. The number of phenols is 2. The highest BCUT2D eigenvalue weighted by molar-refractivity contribution is 5.97. The molecule has 5 nitrogen and oxygen atoms in total. The van der Waals surface area contributed by atoms with Gasteiger partial charge in [-0.3, -0.25) is 4.79 Å². The van der Waals surface area contributed by atoms with Crippen molar-refractivity contribution in [3.8, 4) is 11.5 Å². The van der Waals surface area contributed by atoms with Gasteiger partial charge < -0.3 is 20.8 Å². The molecule has 0 bridgehead atoms. The van der Waals surface area contributed by atoms with Gasteiger partial charge in [0.25, 0.3) is 5.91 Å². The van der Waals surface area contributed by atoms with Crippen molar-refractivity contribution in [1.82, 2.24) is 10.6 Å². The molecule has 1 heterocycles. The van der Waals surface area contributed by atoms with E-state index < -0.39 is 0 Å². The molecule has 19 heavy (non-hydrogen) atoms. The maximum Gasteiger partial charge on any atom is 0.255 e. The van der Waals surface area contributed by atoms with Crippen LogP contribution in [0.3, 0.4) is 0 Å². The summed E-state index contributed by atoms with van der Waals surface area (Å²) < 4.78 is 0. The van der Waals surface area contributed by atoms with Gasteiger partial charge in [0.1, 0.15) is 11.5 Å². The molecule has 2 rings (SSSR count). The number of carbonyl (C=O) groups excluding carboxylic acids is 1. The average molecular weight is 264 g/mol. The van der Waals surface area contributed by atoms with E-state index in [0.29, 0.717) is 5.92 Å². The number of aromatic hydroxyl groups is 2. The van der Waals surface area contributed by atoms with E-state index in [2.05, 4.69) is 10.6 Å². The maximum atomic E-state index is 12.1. The third kappa shape index (κ3) is 3.38. The lowest BCUT2D eigenvalue weighted by atomic mass is 9.92. The van der Waals surface area contributed by atoms with Crippen molar-refractivity contribution in [2.75, 3.05) is 13.1 Å². The zero-order valence-corrected chi connectivity index (χ0v) is 11.0. The smallest absolute Gasteiger partial charge is 0.255 e. The monoisotopic (exact) mass is 264 g/mol. The Morgan fingerprint density at radius 3 is 2.89 bits per heavy atom. The Balaban J connectivity index is 1.99. The summed E-state index contributed by atoms with van der Waals surface area (Å²) in [5, 5.41) is 25.1. The molecule has 1 aromatic rings. The summed E-state index contributed by atoms with van der Waals surface area (Å²) in [6.07, 6.45) is 2.21. The second kappa shape index (κ2) is 5.93. The van der Waals surface area contributed by atoms with E-state index >= 15 is 0 Å². The van der Waals surface area contributed by atoms with E-state index in [0.717, 1.165) is 25.9 Å². The summed E-state index contributed by atoms with van der Waals surface area (Å²) in [7, 11) is 0. The zero-order valence-electron chi connectivity index (χ0n) is 11.0. The highest BCUT2D eigenvalue weighted by Gasteiger charge is 2.22. The molecule has 1 amide bonds. The van der Waals surface area contributed by atoms with Crippen molar-refractivity contribution in [3.63, 3.8) is 0 Å². The molecule has 0 aliphatic carbocycles. The van der Waals surface area contributed by atoms with Gasteiger partial charge in [-0.1, -0.05) is 0 Å². The van der Waals surface area contributed by atoms with Crippen molar-refractivity contribution in [2.24, 2.45) is 5.92 Å². The molecule has 0 aromatic heterocycles. The first-order valence-electron chi connectivity index (χ1n) is 6.61. The maximum absolute atomic E-state index is 12.1. The molecule has 4 N–H and O–H groups in total. The van der Waals surface area contributed by atoms with Gasteiger partial charge in [-0.05, 0) is 50.9 Å². The molecule has 1 saturated heterocycles. The molecular weight excluding hydrogens is 244 g/mol. The van der Waals surface area contributed by atoms with Gasteiger partial charge in [-0.25, -0.2) is 0 Å². The van der Waals surface area contributed by atoms with Crippen molar-refractivity contribution in [2.45, 2.75) is 25.8 Å². The largest absolute Gasteiger partial charge is 0.508 e. The molecule has 0 radical (unpaired) electrons. The lowest BCUT2D eigenvalue weighted by Gasteiger charge is -2.29. The van der Waals surface area contributed by atoms with Crippen LogP contribution in [0, 0.1) is 5.92 Å². The Hall–Kier alpha value is -1.75. The van der Waals surface area contributed by atoms with Crippen molar-refractivity contribution in [1.29, 1.82) is 0 Å². The van der Waals surface area contributed by atoms with Crippen LogP contribution in [0.15, 0.2) is 18.2 Å². The normalized spacial score (nSPS) is 20.8. The van der Waals surface area contributed by atoms with Crippen LogP contribution in [0.5, 0.6) is 11.5 Å². The fourth-order valence-electron chi connectivity index (χ4n) is 2.42. The summed E-state index contributed by atoms with van der Waals surface area (Å²) >= 11 is 0. The fraction of sp³-hybridized carbons (Fsp3) is 0.500. The van der Waals surface area contributed by atoms with Gasteiger partial charge in [0, 0.05) is 12.1 Å². The second-order valence-electron chi connectivity index (χ2n) is 5.07. The Morgan fingerprint density at radius 1 is 1.47 bits per heavy atom. The van der Waals surface area contributed by atoms with Crippen LogP contribution in [0.25, 0.3) is 0 Å². The van der Waals surface area contributed by atoms with Crippen LogP contribution in [-0.4, -0.2) is 35.3 Å². The first kappa shape index (κ1) is 13.7. The fourth-order valence-corrected chi connectivity index (χ4v) is 2.42. The van der Waals surface area contributed by atoms with Crippen molar-refractivity contribution >= 4 is 5.91 Å². The van der Waals surface area contributed by atoms with Crippen LogP contribution in [0.4, 0.5) is 0 Å². The van der Waals surface area contributed by atoms with E-state index in [4.69, 9.17) is 0 Å². The molecule has 0 saturated carbocycles. The highest BCUT2D eigenvalue weighted by atomic mass is 16.3. The van der Waals surface area contributed by atoms with Crippen molar-refractivity contribution < 1.29 is 15.0 Å². The van der Waals surface area contributed by atoms with Crippen LogP contribution < -0.4 is 10.6 Å². The molecule has 1 aliphatic rings. The number of amides is 1. The predicted octanol–water partition coefficient (Wildman–Crippen LogP) is 1.22. The van der Waals surface area contributed by atoms with E-state index in [1.165, 1.54) is 18.2 Å². The third-order valence-corrected chi connectivity index (χ3v) is 3.63. The minimum atomic E-state index is -0.310. The molecule has 2 atom stereocenters. The molecule has 2 unspecified atom stereocenters. The molecule has 1 fully saturated rings. The second-order valence-corrected chi connectivity index (χ2v) is 5.07. The highest BCUT2D eigenvalue weighted by Crippen LogP contribution is 2.23. The number of carbonyl (C=O) groups is 1. The SMILES string of the molecule is CC(NC(=O)c1ccc(O)cc1O)C1CCCNC1. The Kier molecular flexibility index (Phi) is 4.27. The van der Waals surface area contributed by atoms with E-state index in [-0.39, 0.29) is 29.0 Å². The minimum absolute atomic E-state index is 0.0495. The van der Waals surface area contributed by atoms with E-state index in [9.17, 15) is 15.0 Å². The lowest BCUT2D eigenvalue weighted by molar-refractivity contribution is 0.0919. The quantitative estimate of drug-likeness (QED) is 0.661. The minimum Gasteiger partial charge on any atom is -0.508 e. The van der Waals surface area contributed by atoms with E-state index in [1.807, 2.05) is 6.92 Å². The number of hydrogen-bond donors (Lipinski definition) is 4. The van der Waals surface area contributed by atoms with Crippen LogP contribution in [-0.2, 0) is 0 Å². The number of piperidine rings is 1. The number of phenolic OH excluding ortho intramolecular Hbond substituents is 2. The third-order valence-electron chi connectivity index (χ3n) is 3.63. The Bertz CT molecular complexity index is 456.